The number of phenols is 2. The molecule has 0 radical (unpaired) electrons. The molecule has 41 heavy (non-hydrogen) atoms. The van der Waals surface area contributed by atoms with Crippen molar-refractivity contribution in [1.29, 1.82) is 0 Å². The summed E-state index contributed by atoms with van der Waals surface area (Å²) in [6.07, 6.45) is 2.24. The normalized spacial score (nSPS) is 10.6. The summed E-state index contributed by atoms with van der Waals surface area (Å²) < 4.78 is 11.2. The summed E-state index contributed by atoms with van der Waals surface area (Å²) in [4.78, 5) is 13.8. The Hall–Kier alpha value is -4.62. The van der Waals surface area contributed by atoms with E-state index in [1.807, 2.05) is 74.3 Å². The number of rotatable bonds is 4. The number of ether oxygens (including phenoxy) is 1. The highest BCUT2D eigenvalue weighted by atomic mass is 32.1. The van der Waals surface area contributed by atoms with Gasteiger partial charge in [0.25, 0.3) is 5.17 Å². The highest BCUT2D eigenvalue weighted by Crippen LogP contribution is 2.35. The van der Waals surface area contributed by atoms with E-state index < -0.39 is 0 Å². The predicted octanol–water partition coefficient (Wildman–Crippen LogP) is 7.97. The number of hydrogen-bond acceptors (Lipinski definition) is 6. The quantitative estimate of drug-likeness (QED) is 0.168. The summed E-state index contributed by atoms with van der Waals surface area (Å²) in [6, 6.07) is 25.0. The van der Waals surface area contributed by atoms with E-state index in [4.69, 9.17) is 21.4 Å². The van der Waals surface area contributed by atoms with Crippen molar-refractivity contribution in [2.24, 2.45) is 0 Å². The summed E-state index contributed by atoms with van der Waals surface area (Å²) in [7, 11) is 1.91. The first-order chi connectivity index (χ1) is 19.5. The van der Waals surface area contributed by atoms with E-state index >= 15 is 0 Å². The van der Waals surface area contributed by atoms with Gasteiger partial charge in [-0.25, -0.2) is 0 Å². The van der Waals surface area contributed by atoms with Crippen LogP contribution in [0.15, 0.2) is 99.7 Å². The third-order valence-corrected chi connectivity index (χ3v) is 6.86. The fourth-order valence-corrected chi connectivity index (χ4v) is 4.50. The Labute approximate surface area is 244 Å². The average Bonchev–Trinajstić information content (AvgIpc) is 2.92. The first kappa shape index (κ1) is 29.4. The summed E-state index contributed by atoms with van der Waals surface area (Å²) in [5.41, 5.74) is 3.50. The molecule has 0 fully saturated rings. The lowest BCUT2D eigenvalue weighted by Gasteiger charge is -2.20. The molecule has 5 rings (SSSR count). The van der Waals surface area contributed by atoms with Gasteiger partial charge in [-0.05, 0) is 86.9 Å². The lowest BCUT2D eigenvalue weighted by atomic mass is 10.0. The standard InChI is InChI=1S/C19H17NOS.C15H16O4/c1-14-6-5-9-17(12-14)20(2)19(22)21-18-11-10-15-7-3-4-8-16(15)13-18;1-8(2)4-5-10-11(16)7-13-14(15(10)18)12(17)6-9(3)19-13/h3-13H,1-2H3;4,6-7,16,18H,5H2,1-3H3. The molecule has 0 bridgehead atoms. The van der Waals surface area contributed by atoms with Gasteiger partial charge in [0.05, 0.1) is 0 Å². The van der Waals surface area contributed by atoms with Crippen LogP contribution in [0.2, 0.25) is 0 Å². The minimum Gasteiger partial charge on any atom is -0.507 e. The van der Waals surface area contributed by atoms with Crippen molar-refractivity contribution in [1.82, 2.24) is 0 Å². The first-order valence-corrected chi connectivity index (χ1v) is 13.6. The highest BCUT2D eigenvalue weighted by molar-refractivity contribution is 7.80. The van der Waals surface area contributed by atoms with E-state index in [1.165, 1.54) is 23.1 Å². The van der Waals surface area contributed by atoms with Gasteiger partial charge in [-0.2, -0.15) is 0 Å². The molecule has 7 heteroatoms. The number of thiocarbonyl (C=S) groups is 1. The molecule has 210 valence electrons. The maximum atomic E-state index is 11.9. The number of hydrogen-bond donors (Lipinski definition) is 2. The van der Waals surface area contributed by atoms with Crippen molar-refractivity contribution >= 4 is 44.8 Å². The Morgan fingerprint density at radius 3 is 2.39 bits per heavy atom. The molecule has 1 heterocycles. The number of aryl methyl sites for hydroxylation is 2. The summed E-state index contributed by atoms with van der Waals surface area (Å²) in [5.74, 6) is 0.911. The Kier molecular flexibility index (Phi) is 9.10. The average molecular weight is 568 g/mol. The predicted molar refractivity (Wildman–Crippen MR) is 170 cm³/mol. The lowest BCUT2D eigenvalue weighted by Crippen LogP contribution is -2.29. The minimum absolute atomic E-state index is 0.0729. The number of aromatic hydroxyl groups is 2. The van der Waals surface area contributed by atoms with Crippen LogP contribution in [0.5, 0.6) is 17.2 Å². The van der Waals surface area contributed by atoms with Crippen molar-refractivity contribution in [3.63, 3.8) is 0 Å². The second-order valence-corrected chi connectivity index (χ2v) is 10.4. The van der Waals surface area contributed by atoms with Crippen LogP contribution in [0.4, 0.5) is 5.69 Å². The van der Waals surface area contributed by atoms with E-state index in [-0.39, 0.29) is 27.9 Å². The van der Waals surface area contributed by atoms with Crippen LogP contribution in [0.1, 0.15) is 30.7 Å². The first-order valence-electron chi connectivity index (χ1n) is 13.2. The molecule has 2 N–H and O–H groups in total. The number of phenolic OH excluding ortho intramolecular Hbond substituents is 2. The van der Waals surface area contributed by atoms with Gasteiger partial charge in [0, 0.05) is 30.4 Å². The van der Waals surface area contributed by atoms with Gasteiger partial charge < -0.3 is 24.3 Å². The van der Waals surface area contributed by atoms with Crippen molar-refractivity contribution in [3.05, 3.63) is 118 Å². The maximum absolute atomic E-state index is 11.9. The molecular weight excluding hydrogens is 534 g/mol. The molecule has 5 aromatic rings. The van der Waals surface area contributed by atoms with Crippen molar-refractivity contribution in [2.45, 2.75) is 34.1 Å². The SMILES string of the molecule is CC(C)=CCc1c(O)cc2oc(C)cc(=O)c2c1O.Cc1cccc(N(C)C(=S)Oc2ccc3ccccc3c2)c1. The second kappa shape index (κ2) is 12.7. The van der Waals surface area contributed by atoms with Gasteiger partial charge in [0.15, 0.2) is 5.43 Å². The zero-order valence-electron chi connectivity index (χ0n) is 23.8. The van der Waals surface area contributed by atoms with E-state index in [0.717, 1.165) is 22.4 Å². The number of allylic oxidation sites excluding steroid dienone is 2. The zero-order valence-corrected chi connectivity index (χ0v) is 24.6. The van der Waals surface area contributed by atoms with Crippen LogP contribution in [0.25, 0.3) is 21.7 Å². The molecule has 0 saturated heterocycles. The molecule has 0 aliphatic heterocycles. The molecule has 0 spiro atoms. The molecule has 0 amide bonds. The fourth-order valence-electron chi connectivity index (χ4n) is 4.30. The van der Waals surface area contributed by atoms with E-state index in [0.29, 0.717) is 22.9 Å². The topological polar surface area (TPSA) is 83.1 Å². The summed E-state index contributed by atoms with van der Waals surface area (Å²) in [6.45, 7) is 7.55. The molecule has 4 aromatic carbocycles. The van der Waals surface area contributed by atoms with Crippen LogP contribution < -0.4 is 15.1 Å². The number of benzene rings is 4. The molecule has 0 saturated carbocycles. The number of fused-ring (bicyclic) bond motifs is 2. The molecular formula is C34H33NO5S. The Morgan fingerprint density at radius 2 is 1.68 bits per heavy atom. The Bertz CT molecular complexity index is 1820. The van der Waals surface area contributed by atoms with Crippen molar-refractivity contribution in [3.8, 4) is 17.2 Å². The third kappa shape index (κ3) is 7.13. The maximum Gasteiger partial charge on any atom is 0.269 e. The highest BCUT2D eigenvalue weighted by Gasteiger charge is 2.16. The van der Waals surface area contributed by atoms with Crippen LogP contribution in [-0.2, 0) is 6.42 Å². The molecule has 0 unspecified atom stereocenters. The molecule has 0 aliphatic rings. The summed E-state index contributed by atoms with van der Waals surface area (Å²) in [5, 5.41) is 23.0. The van der Waals surface area contributed by atoms with Gasteiger partial charge >= 0.3 is 0 Å². The monoisotopic (exact) mass is 567 g/mol. The minimum atomic E-state index is -0.310. The second-order valence-electron chi connectivity index (χ2n) is 10.1. The number of nitrogens with zero attached hydrogens (tertiary/aromatic N) is 1. The molecule has 0 aliphatic carbocycles. The zero-order chi connectivity index (χ0) is 29.7. The van der Waals surface area contributed by atoms with E-state index in [9.17, 15) is 15.0 Å². The lowest BCUT2D eigenvalue weighted by molar-refractivity contribution is 0.442. The molecule has 0 atom stereocenters. The fraction of sp³-hybridized carbons (Fsp3) is 0.176. The van der Waals surface area contributed by atoms with Gasteiger partial charge in [0.1, 0.15) is 34.0 Å². The Balaban J connectivity index is 0.000000191. The third-order valence-electron chi connectivity index (χ3n) is 6.50. The van der Waals surface area contributed by atoms with Crippen LogP contribution >= 0.6 is 12.2 Å². The van der Waals surface area contributed by atoms with E-state index in [2.05, 4.69) is 31.2 Å². The van der Waals surface area contributed by atoms with Crippen LogP contribution in [0.3, 0.4) is 0 Å². The smallest absolute Gasteiger partial charge is 0.269 e. The van der Waals surface area contributed by atoms with Crippen molar-refractivity contribution < 1.29 is 19.4 Å². The Morgan fingerprint density at radius 1 is 0.951 bits per heavy atom. The van der Waals surface area contributed by atoms with Gasteiger partial charge in [0.2, 0.25) is 0 Å². The van der Waals surface area contributed by atoms with E-state index in [1.54, 1.807) is 6.92 Å². The van der Waals surface area contributed by atoms with Crippen LogP contribution in [-0.4, -0.2) is 22.4 Å². The van der Waals surface area contributed by atoms with Crippen LogP contribution in [0, 0.1) is 13.8 Å². The van der Waals surface area contributed by atoms with Gasteiger partial charge in [-0.1, -0.05) is 54.1 Å². The van der Waals surface area contributed by atoms with Gasteiger partial charge in [-0.3, -0.25) is 4.79 Å². The van der Waals surface area contributed by atoms with Gasteiger partial charge in [-0.15, -0.1) is 0 Å². The molecule has 1 aromatic heterocycles. The number of anilines is 1. The largest absolute Gasteiger partial charge is 0.507 e. The molecule has 6 nitrogen and oxygen atoms in total. The van der Waals surface area contributed by atoms with Crippen molar-refractivity contribution in [2.75, 3.05) is 11.9 Å². The summed E-state index contributed by atoms with van der Waals surface area (Å²) >= 11 is 5.41.